The number of hydrogen-bond donors (Lipinski definition) is 3. The second kappa shape index (κ2) is 9.17. The molecular weight excluding hydrogens is 416 g/mol. The summed E-state index contributed by atoms with van der Waals surface area (Å²) in [6.45, 7) is 3.83. The van der Waals surface area contributed by atoms with E-state index < -0.39 is 41.2 Å². The third-order valence-electron chi connectivity index (χ3n) is 6.73. The maximum Gasteiger partial charge on any atom is 0.330 e. The maximum absolute atomic E-state index is 13.1. The number of likely N-dealkylation sites (N-methyl/N-ethyl adjacent to an activating group) is 1. The molecule has 2 aliphatic rings. The molecule has 1 saturated heterocycles. The lowest BCUT2D eigenvalue weighted by atomic mass is 9.75. The van der Waals surface area contributed by atoms with Crippen LogP contribution in [0.2, 0.25) is 0 Å². The number of H-pyrrole nitrogens is 1. The Balaban J connectivity index is 1.79. The van der Waals surface area contributed by atoms with E-state index in [0.717, 1.165) is 35.5 Å². The summed E-state index contributed by atoms with van der Waals surface area (Å²) >= 11 is 0. The summed E-state index contributed by atoms with van der Waals surface area (Å²) in [4.78, 5) is 67.1. The van der Waals surface area contributed by atoms with E-state index >= 15 is 0 Å². The van der Waals surface area contributed by atoms with Crippen molar-refractivity contribution in [1.82, 2.24) is 19.8 Å². The SMILES string of the molecule is CCCCn1c(N)c(N(C)C(=O)CN2C(=O)NC3(CCC(CC)CC3)C2=O)c(=O)[nH]c1=O. The second-order valence-corrected chi connectivity index (χ2v) is 8.71. The minimum Gasteiger partial charge on any atom is -0.383 e. The van der Waals surface area contributed by atoms with Gasteiger partial charge in [0.05, 0.1) is 0 Å². The molecule has 176 valence electrons. The average Bonchev–Trinajstić information content (AvgIpc) is 2.97. The van der Waals surface area contributed by atoms with Crippen molar-refractivity contribution in [2.45, 2.75) is 70.9 Å². The Morgan fingerprint density at radius 2 is 1.84 bits per heavy atom. The number of nitrogens with zero attached hydrogens (tertiary/aromatic N) is 3. The number of carbonyl (C=O) groups is 3. The van der Waals surface area contributed by atoms with Crippen LogP contribution in [-0.2, 0) is 16.1 Å². The number of rotatable bonds is 7. The van der Waals surface area contributed by atoms with Gasteiger partial charge in [0, 0.05) is 13.6 Å². The van der Waals surface area contributed by atoms with Crippen LogP contribution in [0.4, 0.5) is 16.3 Å². The molecular formula is C21H32N6O5. The largest absolute Gasteiger partial charge is 0.383 e. The molecule has 2 heterocycles. The van der Waals surface area contributed by atoms with Crippen LogP contribution in [0, 0.1) is 5.92 Å². The Hall–Kier alpha value is -3.11. The van der Waals surface area contributed by atoms with Crippen molar-refractivity contribution >= 4 is 29.4 Å². The van der Waals surface area contributed by atoms with Gasteiger partial charge in [0.1, 0.15) is 17.9 Å². The van der Waals surface area contributed by atoms with E-state index in [-0.39, 0.29) is 11.5 Å². The number of unbranched alkanes of at least 4 members (excludes halogenated alkanes) is 1. The number of amides is 4. The molecule has 0 bridgehead atoms. The highest BCUT2D eigenvalue weighted by Crippen LogP contribution is 2.37. The van der Waals surface area contributed by atoms with Crippen molar-refractivity contribution in [1.29, 1.82) is 0 Å². The summed E-state index contributed by atoms with van der Waals surface area (Å²) in [5.74, 6) is -0.667. The molecule has 1 aromatic heterocycles. The minimum atomic E-state index is -0.953. The first-order valence-corrected chi connectivity index (χ1v) is 11.2. The Morgan fingerprint density at radius 1 is 1.19 bits per heavy atom. The van der Waals surface area contributed by atoms with Crippen LogP contribution in [-0.4, -0.2) is 51.4 Å². The van der Waals surface area contributed by atoms with Crippen LogP contribution in [0.5, 0.6) is 0 Å². The first-order chi connectivity index (χ1) is 15.1. The minimum absolute atomic E-state index is 0.130. The Bertz CT molecular complexity index is 1020. The number of imide groups is 1. The first-order valence-electron chi connectivity index (χ1n) is 11.2. The summed E-state index contributed by atoms with van der Waals surface area (Å²) < 4.78 is 1.21. The molecule has 1 spiro atoms. The van der Waals surface area contributed by atoms with Crippen molar-refractivity contribution in [2.75, 3.05) is 24.2 Å². The number of anilines is 2. The standard InChI is InChI=1S/C21H32N6O5/c1-4-6-11-26-16(22)15(17(29)23-19(26)31)25(3)14(28)12-27-18(30)21(24-20(27)32)9-7-13(5-2)8-10-21/h13H,4-12,22H2,1-3H3,(H,24,32)(H,23,29,31). The maximum atomic E-state index is 13.1. The Labute approximate surface area is 185 Å². The van der Waals surface area contributed by atoms with E-state index in [1.54, 1.807) is 0 Å². The fourth-order valence-corrected chi connectivity index (χ4v) is 4.54. The first kappa shape index (κ1) is 23.6. The molecule has 11 heteroatoms. The zero-order chi connectivity index (χ0) is 23.6. The van der Waals surface area contributed by atoms with Crippen LogP contribution in [0.15, 0.2) is 9.59 Å². The fraction of sp³-hybridized carbons (Fsp3) is 0.667. The molecule has 0 atom stereocenters. The van der Waals surface area contributed by atoms with Crippen molar-refractivity contribution in [3.8, 4) is 0 Å². The third kappa shape index (κ3) is 4.15. The number of aromatic nitrogens is 2. The zero-order valence-corrected chi connectivity index (χ0v) is 18.9. The number of nitrogens with one attached hydrogen (secondary N) is 2. The fourth-order valence-electron chi connectivity index (χ4n) is 4.54. The number of nitrogens with two attached hydrogens (primary N) is 1. The molecule has 0 aromatic carbocycles. The van der Waals surface area contributed by atoms with E-state index in [2.05, 4.69) is 17.2 Å². The number of aromatic amines is 1. The van der Waals surface area contributed by atoms with Gasteiger partial charge in [0.25, 0.3) is 11.5 Å². The van der Waals surface area contributed by atoms with Crippen LogP contribution in [0.25, 0.3) is 0 Å². The van der Waals surface area contributed by atoms with E-state index in [4.69, 9.17) is 5.73 Å². The predicted octanol–water partition coefficient (Wildman–Crippen LogP) is 0.773. The molecule has 2 fully saturated rings. The lowest BCUT2D eigenvalue weighted by Gasteiger charge is -2.34. The third-order valence-corrected chi connectivity index (χ3v) is 6.73. The van der Waals surface area contributed by atoms with E-state index in [1.807, 2.05) is 6.92 Å². The summed E-state index contributed by atoms with van der Waals surface area (Å²) in [7, 11) is 1.33. The van der Waals surface area contributed by atoms with Gasteiger partial charge in [-0.2, -0.15) is 0 Å². The van der Waals surface area contributed by atoms with Crippen molar-refractivity contribution in [2.24, 2.45) is 5.92 Å². The van der Waals surface area contributed by atoms with Crippen molar-refractivity contribution in [3.63, 3.8) is 0 Å². The molecule has 1 aliphatic heterocycles. The topological polar surface area (TPSA) is 151 Å². The van der Waals surface area contributed by atoms with Gasteiger partial charge in [-0.15, -0.1) is 0 Å². The summed E-state index contributed by atoms with van der Waals surface area (Å²) in [5, 5.41) is 2.79. The smallest absolute Gasteiger partial charge is 0.330 e. The molecule has 3 rings (SSSR count). The summed E-state index contributed by atoms with van der Waals surface area (Å²) in [5.41, 5.74) is 3.47. The van der Waals surface area contributed by atoms with Crippen LogP contribution in [0.3, 0.4) is 0 Å². The highest BCUT2D eigenvalue weighted by molar-refractivity contribution is 6.10. The van der Waals surface area contributed by atoms with Gasteiger partial charge in [-0.05, 0) is 38.0 Å². The van der Waals surface area contributed by atoms with Crippen LogP contribution >= 0.6 is 0 Å². The van der Waals surface area contributed by atoms with Crippen LogP contribution in [0.1, 0.15) is 58.8 Å². The highest BCUT2D eigenvalue weighted by atomic mass is 16.2. The molecule has 0 radical (unpaired) electrons. The Kier molecular flexibility index (Phi) is 6.75. The summed E-state index contributed by atoms with van der Waals surface area (Å²) in [6, 6.07) is -0.610. The summed E-state index contributed by atoms with van der Waals surface area (Å²) in [6.07, 6.45) is 5.28. The normalized spacial score (nSPS) is 23.0. The number of nitrogen functional groups attached to an aromatic ring is 1. The van der Waals surface area contributed by atoms with E-state index in [1.165, 1.54) is 11.6 Å². The van der Waals surface area contributed by atoms with Crippen LogP contribution < -0.4 is 27.2 Å². The lowest BCUT2D eigenvalue weighted by molar-refractivity contribution is -0.135. The van der Waals surface area contributed by atoms with Gasteiger partial charge < -0.3 is 16.0 Å². The molecule has 0 unspecified atom stereocenters. The number of hydrogen-bond acceptors (Lipinski definition) is 6. The molecule has 1 saturated carbocycles. The van der Waals surface area contributed by atoms with Crippen molar-refractivity contribution in [3.05, 3.63) is 20.8 Å². The van der Waals surface area contributed by atoms with Gasteiger partial charge in [0.2, 0.25) is 5.91 Å². The predicted molar refractivity (Wildman–Crippen MR) is 119 cm³/mol. The number of urea groups is 1. The van der Waals surface area contributed by atoms with Gasteiger partial charge in [-0.25, -0.2) is 9.59 Å². The average molecular weight is 449 g/mol. The zero-order valence-electron chi connectivity index (χ0n) is 18.9. The van der Waals surface area contributed by atoms with E-state index in [0.29, 0.717) is 31.7 Å². The lowest BCUT2D eigenvalue weighted by Crippen LogP contribution is -2.50. The molecule has 4 amide bonds. The van der Waals surface area contributed by atoms with Gasteiger partial charge in [-0.3, -0.25) is 28.8 Å². The van der Waals surface area contributed by atoms with Gasteiger partial charge in [0.15, 0.2) is 5.69 Å². The molecule has 4 N–H and O–H groups in total. The molecule has 32 heavy (non-hydrogen) atoms. The quantitative estimate of drug-likeness (QED) is 0.524. The van der Waals surface area contributed by atoms with Gasteiger partial charge in [-0.1, -0.05) is 26.7 Å². The second-order valence-electron chi connectivity index (χ2n) is 8.71. The monoisotopic (exact) mass is 448 g/mol. The number of carbonyl (C=O) groups excluding carboxylic acids is 3. The molecule has 1 aliphatic carbocycles. The van der Waals surface area contributed by atoms with Crippen molar-refractivity contribution < 1.29 is 14.4 Å². The van der Waals surface area contributed by atoms with Gasteiger partial charge >= 0.3 is 11.7 Å². The Morgan fingerprint density at radius 3 is 2.44 bits per heavy atom. The van der Waals surface area contributed by atoms with E-state index in [9.17, 15) is 24.0 Å². The highest BCUT2D eigenvalue weighted by Gasteiger charge is 2.52. The molecule has 11 nitrogen and oxygen atoms in total. The molecule has 1 aromatic rings.